The van der Waals surface area contributed by atoms with Crippen molar-refractivity contribution in [2.24, 2.45) is 11.7 Å². The van der Waals surface area contributed by atoms with Crippen molar-refractivity contribution in [3.05, 3.63) is 60.7 Å². The third-order valence-electron chi connectivity index (χ3n) is 5.35. The second-order valence-electron chi connectivity index (χ2n) is 7.21. The maximum atomic E-state index is 5.90. The average molecular weight is 435 g/mol. The van der Waals surface area contributed by atoms with Crippen LogP contribution < -0.4 is 11.1 Å². The number of anilines is 1. The number of nitrogens with zero attached hydrogens (tertiary/aromatic N) is 4. The summed E-state index contributed by atoms with van der Waals surface area (Å²) in [6.07, 6.45) is 12.4. The lowest BCUT2D eigenvalue weighted by atomic mass is 9.85. The molecule has 0 bridgehead atoms. The molecule has 2 atom stereocenters. The molecule has 0 saturated heterocycles. The summed E-state index contributed by atoms with van der Waals surface area (Å²) in [5.41, 5.74) is 8.05. The standard InChI is InChI=1S/C21H26N6.2ClH/c22-12-17-7-4-8-19(11-17)27-10-9-23-20(27)18-14-25-21(26-15-18)24-13-16-5-2-1-3-6-16;;/h1-3,5-6,9-10,14-15,17,19H,4,7-8,11-13,22H2,(H,24,25,26);2*1H/t17-,19+;;/m0../s1. The van der Waals surface area contributed by atoms with Crippen molar-refractivity contribution in [2.75, 3.05) is 11.9 Å². The molecule has 3 N–H and O–H groups in total. The van der Waals surface area contributed by atoms with Gasteiger partial charge >= 0.3 is 0 Å². The number of hydrogen-bond donors (Lipinski definition) is 2. The van der Waals surface area contributed by atoms with Crippen LogP contribution in [0.3, 0.4) is 0 Å². The number of nitrogens with one attached hydrogen (secondary N) is 1. The Labute approximate surface area is 184 Å². The Bertz CT molecular complexity index is 853. The van der Waals surface area contributed by atoms with Crippen molar-refractivity contribution in [2.45, 2.75) is 38.3 Å². The molecule has 0 aliphatic heterocycles. The molecule has 8 heteroatoms. The summed E-state index contributed by atoms with van der Waals surface area (Å²) in [4.78, 5) is 13.5. The van der Waals surface area contributed by atoms with Crippen LogP contribution in [0.5, 0.6) is 0 Å². The van der Waals surface area contributed by atoms with Crippen LogP contribution >= 0.6 is 24.8 Å². The highest BCUT2D eigenvalue weighted by molar-refractivity contribution is 5.85. The van der Waals surface area contributed by atoms with Gasteiger partial charge in [-0.2, -0.15) is 0 Å². The van der Waals surface area contributed by atoms with Gasteiger partial charge in [0.25, 0.3) is 0 Å². The van der Waals surface area contributed by atoms with Crippen LogP contribution in [0.4, 0.5) is 5.95 Å². The van der Waals surface area contributed by atoms with Crippen LogP contribution in [-0.4, -0.2) is 26.1 Å². The predicted octanol–water partition coefficient (Wildman–Crippen LogP) is 4.49. The molecule has 0 spiro atoms. The molecule has 156 valence electrons. The van der Waals surface area contributed by atoms with E-state index in [1.165, 1.54) is 24.8 Å². The van der Waals surface area contributed by atoms with Gasteiger partial charge in [-0.25, -0.2) is 15.0 Å². The van der Waals surface area contributed by atoms with Crippen LogP contribution in [0.15, 0.2) is 55.1 Å². The Morgan fingerprint density at radius 2 is 1.79 bits per heavy atom. The van der Waals surface area contributed by atoms with Gasteiger partial charge in [0.15, 0.2) is 0 Å². The molecule has 0 unspecified atom stereocenters. The second-order valence-corrected chi connectivity index (χ2v) is 7.21. The zero-order valence-electron chi connectivity index (χ0n) is 16.3. The Hall–Kier alpha value is -2.15. The van der Waals surface area contributed by atoms with E-state index in [9.17, 15) is 0 Å². The fourth-order valence-electron chi connectivity index (χ4n) is 3.87. The third-order valence-corrected chi connectivity index (χ3v) is 5.35. The lowest BCUT2D eigenvalue weighted by molar-refractivity contribution is 0.273. The Kier molecular flexibility index (Phi) is 8.89. The summed E-state index contributed by atoms with van der Waals surface area (Å²) < 4.78 is 2.28. The molecule has 4 rings (SSSR count). The number of imidazole rings is 1. The van der Waals surface area contributed by atoms with Crippen molar-refractivity contribution in [1.29, 1.82) is 0 Å². The van der Waals surface area contributed by atoms with E-state index in [4.69, 9.17) is 5.73 Å². The highest BCUT2D eigenvalue weighted by Crippen LogP contribution is 2.34. The van der Waals surface area contributed by atoms with Crippen LogP contribution in [-0.2, 0) is 6.54 Å². The second kappa shape index (κ2) is 11.1. The van der Waals surface area contributed by atoms with Gasteiger partial charge in [-0.15, -0.1) is 24.8 Å². The molecule has 3 aromatic rings. The minimum Gasteiger partial charge on any atom is -0.350 e. The minimum absolute atomic E-state index is 0. The van der Waals surface area contributed by atoms with E-state index in [1.807, 2.05) is 36.8 Å². The number of hydrogen-bond acceptors (Lipinski definition) is 5. The quantitative estimate of drug-likeness (QED) is 0.597. The van der Waals surface area contributed by atoms with Crippen LogP contribution in [0.2, 0.25) is 0 Å². The van der Waals surface area contributed by atoms with Gasteiger partial charge in [-0.05, 0) is 37.3 Å². The first-order valence-electron chi connectivity index (χ1n) is 9.66. The summed E-state index contributed by atoms with van der Waals surface area (Å²) in [6, 6.07) is 10.7. The van der Waals surface area contributed by atoms with E-state index in [0.29, 0.717) is 24.5 Å². The Balaban J connectivity index is 0.00000150. The molecule has 1 aromatic carbocycles. The summed E-state index contributed by atoms with van der Waals surface area (Å²) in [5.74, 6) is 2.17. The fraction of sp³-hybridized carbons (Fsp3) is 0.381. The lowest BCUT2D eigenvalue weighted by Crippen LogP contribution is -2.24. The number of rotatable bonds is 6. The van der Waals surface area contributed by atoms with E-state index in [1.54, 1.807) is 0 Å². The minimum atomic E-state index is 0. The SMILES string of the molecule is Cl.Cl.NC[C@H]1CCC[C@@H](n2ccnc2-c2cnc(NCc3ccccc3)nc2)C1. The maximum absolute atomic E-state index is 5.90. The average Bonchev–Trinajstić information content (AvgIpc) is 3.23. The number of benzene rings is 1. The first-order chi connectivity index (χ1) is 13.3. The van der Waals surface area contributed by atoms with Gasteiger partial charge < -0.3 is 15.6 Å². The van der Waals surface area contributed by atoms with Crippen molar-refractivity contribution < 1.29 is 0 Å². The maximum Gasteiger partial charge on any atom is 0.222 e. The smallest absolute Gasteiger partial charge is 0.222 e. The molecular formula is C21H28Cl2N6. The highest BCUT2D eigenvalue weighted by Gasteiger charge is 2.24. The molecule has 2 aromatic heterocycles. The van der Waals surface area contributed by atoms with Crippen LogP contribution in [0, 0.1) is 5.92 Å². The Morgan fingerprint density at radius 3 is 2.52 bits per heavy atom. The number of halogens is 2. The van der Waals surface area contributed by atoms with Crippen molar-refractivity contribution in [1.82, 2.24) is 19.5 Å². The first-order valence-corrected chi connectivity index (χ1v) is 9.66. The molecule has 1 fully saturated rings. The van der Waals surface area contributed by atoms with Gasteiger partial charge in [0.2, 0.25) is 5.95 Å². The van der Waals surface area contributed by atoms with Gasteiger partial charge in [0.05, 0.1) is 5.56 Å². The van der Waals surface area contributed by atoms with E-state index in [-0.39, 0.29) is 24.8 Å². The van der Waals surface area contributed by atoms with E-state index < -0.39 is 0 Å². The Morgan fingerprint density at radius 1 is 1.03 bits per heavy atom. The van der Waals surface area contributed by atoms with Crippen LogP contribution in [0.1, 0.15) is 37.3 Å². The lowest BCUT2D eigenvalue weighted by Gasteiger charge is -2.30. The summed E-state index contributed by atoms with van der Waals surface area (Å²) in [5, 5.41) is 3.26. The monoisotopic (exact) mass is 434 g/mol. The number of aromatic nitrogens is 4. The molecule has 6 nitrogen and oxygen atoms in total. The predicted molar refractivity (Wildman–Crippen MR) is 122 cm³/mol. The molecular weight excluding hydrogens is 407 g/mol. The number of nitrogens with two attached hydrogens (primary N) is 1. The molecule has 2 heterocycles. The first kappa shape index (κ1) is 23.1. The van der Waals surface area contributed by atoms with Crippen molar-refractivity contribution in [3.8, 4) is 11.4 Å². The van der Waals surface area contributed by atoms with Gasteiger partial charge in [0.1, 0.15) is 5.82 Å². The molecule has 1 aliphatic rings. The van der Waals surface area contributed by atoms with Gasteiger partial charge in [-0.1, -0.05) is 36.8 Å². The van der Waals surface area contributed by atoms with Crippen molar-refractivity contribution >= 4 is 30.8 Å². The van der Waals surface area contributed by atoms with E-state index in [2.05, 4.69) is 43.2 Å². The largest absolute Gasteiger partial charge is 0.350 e. The molecule has 0 radical (unpaired) electrons. The molecule has 1 saturated carbocycles. The molecule has 1 aliphatic carbocycles. The topological polar surface area (TPSA) is 81.7 Å². The summed E-state index contributed by atoms with van der Waals surface area (Å²) in [6.45, 7) is 1.47. The summed E-state index contributed by atoms with van der Waals surface area (Å²) in [7, 11) is 0. The highest BCUT2D eigenvalue weighted by atomic mass is 35.5. The normalized spacial score (nSPS) is 18.4. The van der Waals surface area contributed by atoms with E-state index in [0.717, 1.165) is 24.4 Å². The fourth-order valence-corrected chi connectivity index (χ4v) is 3.87. The molecule has 0 amide bonds. The zero-order chi connectivity index (χ0) is 18.5. The van der Waals surface area contributed by atoms with Crippen molar-refractivity contribution in [3.63, 3.8) is 0 Å². The summed E-state index contributed by atoms with van der Waals surface area (Å²) >= 11 is 0. The molecule has 29 heavy (non-hydrogen) atoms. The third kappa shape index (κ3) is 5.69. The van der Waals surface area contributed by atoms with E-state index >= 15 is 0 Å². The van der Waals surface area contributed by atoms with Gasteiger partial charge in [0, 0.05) is 37.4 Å². The zero-order valence-corrected chi connectivity index (χ0v) is 17.9. The van der Waals surface area contributed by atoms with Gasteiger partial charge in [-0.3, -0.25) is 0 Å². The van der Waals surface area contributed by atoms with Crippen LogP contribution in [0.25, 0.3) is 11.4 Å².